The minimum atomic E-state index is 0.698. The number of aromatic nitrogens is 1. The minimum Gasteiger partial charge on any atom is -0.312 e. The van der Waals surface area contributed by atoms with Gasteiger partial charge in [0, 0.05) is 18.5 Å². The number of pyridine rings is 1. The van der Waals surface area contributed by atoms with E-state index in [2.05, 4.69) is 50.1 Å². The molecule has 0 aliphatic carbocycles. The quantitative estimate of drug-likeness (QED) is 0.721. The van der Waals surface area contributed by atoms with Gasteiger partial charge in [0.05, 0.1) is 5.03 Å². The van der Waals surface area contributed by atoms with Gasteiger partial charge < -0.3 is 5.32 Å². The fraction of sp³-hybridized carbons (Fsp3) is 0.667. The first-order valence-electron chi connectivity index (χ1n) is 6.90. The Balaban J connectivity index is 2.33. The van der Waals surface area contributed by atoms with E-state index in [1.54, 1.807) is 0 Å². The fourth-order valence-electron chi connectivity index (χ4n) is 1.45. The second-order valence-corrected chi connectivity index (χ2v) is 6.39. The average Bonchev–Trinajstić information content (AvgIpc) is 2.37. The molecule has 1 aromatic heterocycles. The van der Waals surface area contributed by atoms with Gasteiger partial charge in [0.1, 0.15) is 0 Å². The third-order valence-electron chi connectivity index (χ3n) is 2.89. The average molecular weight is 266 g/mol. The Kier molecular flexibility index (Phi) is 7.36. The van der Waals surface area contributed by atoms with Crippen LogP contribution in [0.3, 0.4) is 0 Å². The first kappa shape index (κ1) is 15.5. The summed E-state index contributed by atoms with van der Waals surface area (Å²) in [5.41, 5.74) is 1.27. The van der Waals surface area contributed by atoms with E-state index in [1.165, 1.54) is 12.0 Å². The molecular weight excluding hydrogens is 240 g/mol. The summed E-state index contributed by atoms with van der Waals surface area (Å²) in [4.78, 5) is 4.51. The van der Waals surface area contributed by atoms with Crippen LogP contribution in [0.4, 0.5) is 0 Å². The summed E-state index contributed by atoms with van der Waals surface area (Å²) >= 11 is 1.86. The predicted molar refractivity (Wildman–Crippen MR) is 81.0 cm³/mol. The van der Waals surface area contributed by atoms with Crippen LogP contribution in [0.1, 0.15) is 39.7 Å². The monoisotopic (exact) mass is 266 g/mol. The maximum Gasteiger partial charge on any atom is 0.0960 e. The highest BCUT2D eigenvalue weighted by Crippen LogP contribution is 2.19. The number of hydrogen-bond donors (Lipinski definition) is 1. The molecule has 0 saturated heterocycles. The van der Waals surface area contributed by atoms with Gasteiger partial charge in [-0.2, -0.15) is 0 Å². The number of nitrogens with zero attached hydrogens (tertiary/aromatic N) is 1. The number of thioether (sulfide) groups is 1. The SMILES string of the molecule is CCC(C)CSc1ccc(CNCC(C)C)cn1. The molecular formula is C15H26N2S. The highest BCUT2D eigenvalue weighted by Gasteiger charge is 2.02. The Morgan fingerprint density at radius 2 is 2.06 bits per heavy atom. The van der Waals surface area contributed by atoms with Crippen molar-refractivity contribution in [3.8, 4) is 0 Å². The van der Waals surface area contributed by atoms with E-state index in [4.69, 9.17) is 0 Å². The molecule has 2 nitrogen and oxygen atoms in total. The molecule has 0 radical (unpaired) electrons. The van der Waals surface area contributed by atoms with Crippen LogP contribution in [-0.2, 0) is 6.54 Å². The molecule has 0 bridgehead atoms. The molecule has 1 unspecified atom stereocenters. The summed E-state index contributed by atoms with van der Waals surface area (Å²) in [5, 5.41) is 4.57. The van der Waals surface area contributed by atoms with Crippen molar-refractivity contribution in [2.75, 3.05) is 12.3 Å². The zero-order chi connectivity index (χ0) is 13.4. The molecule has 18 heavy (non-hydrogen) atoms. The van der Waals surface area contributed by atoms with Gasteiger partial charge in [0.2, 0.25) is 0 Å². The van der Waals surface area contributed by atoms with Crippen LogP contribution in [0.25, 0.3) is 0 Å². The van der Waals surface area contributed by atoms with Crippen LogP contribution in [-0.4, -0.2) is 17.3 Å². The maximum absolute atomic E-state index is 4.51. The van der Waals surface area contributed by atoms with Crippen LogP contribution in [0.2, 0.25) is 0 Å². The topological polar surface area (TPSA) is 24.9 Å². The maximum atomic E-state index is 4.51. The number of rotatable bonds is 8. The number of nitrogens with one attached hydrogen (secondary N) is 1. The lowest BCUT2D eigenvalue weighted by atomic mass is 10.2. The summed E-state index contributed by atoms with van der Waals surface area (Å²) in [6, 6.07) is 4.32. The molecule has 1 heterocycles. The molecule has 0 spiro atoms. The largest absolute Gasteiger partial charge is 0.312 e. The summed E-state index contributed by atoms with van der Waals surface area (Å²) in [7, 11) is 0. The lowest BCUT2D eigenvalue weighted by Crippen LogP contribution is -2.18. The third kappa shape index (κ3) is 6.41. The van der Waals surface area contributed by atoms with Gasteiger partial charge in [-0.3, -0.25) is 0 Å². The summed E-state index contributed by atoms with van der Waals surface area (Å²) in [6.45, 7) is 10.9. The van der Waals surface area contributed by atoms with Crippen LogP contribution in [0, 0.1) is 11.8 Å². The summed E-state index contributed by atoms with van der Waals surface area (Å²) in [6.07, 6.45) is 3.23. The fourth-order valence-corrected chi connectivity index (χ4v) is 2.43. The molecule has 0 fully saturated rings. The van der Waals surface area contributed by atoms with Crippen molar-refractivity contribution in [1.82, 2.24) is 10.3 Å². The van der Waals surface area contributed by atoms with Crippen molar-refractivity contribution in [3.63, 3.8) is 0 Å². The van der Waals surface area contributed by atoms with Gasteiger partial charge in [-0.25, -0.2) is 4.98 Å². The lowest BCUT2D eigenvalue weighted by molar-refractivity contribution is 0.551. The Labute approximate surface area is 116 Å². The van der Waals surface area contributed by atoms with Crippen molar-refractivity contribution in [2.45, 2.75) is 45.7 Å². The van der Waals surface area contributed by atoms with Crippen molar-refractivity contribution < 1.29 is 0 Å². The molecule has 0 aliphatic rings. The van der Waals surface area contributed by atoms with Gasteiger partial charge in [-0.05, 0) is 30.0 Å². The Bertz CT molecular complexity index is 322. The van der Waals surface area contributed by atoms with E-state index in [0.29, 0.717) is 5.92 Å². The van der Waals surface area contributed by atoms with E-state index in [1.807, 2.05) is 18.0 Å². The smallest absolute Gasteiger partial charge is 0.0960 e. The van der Waals surface area contributed by atoms with E-state index in [9.17, 15) is 0 Å². The van der Waals surface area contributed by atoms with Crippen molar-refractivity contribution in [1.29, 1.82) is 0 Å². The third-order valence-corrected chi connectivity index (χ3v) is 4.16. The normalized spacial score (nSPS) is 12.9. The molecule has 1 aromatic rings. The van der Waals surface area contributed by atoms with Crippen LogP contribution >= 0.6 is 11.8 Å². The zero-order valence-electron chi connectivity index (χ0n) is 12.1. The molecule has 1 N–H and O–H groups in total. The van der Waals surface area contributed by atoms with Gasteiger partial charge in [-0.1, -0.05) is 40.2 Å². The molecule has 0 aromatic carbocycles. The first-order chi connectivity index (χ1) is 8.61. The van der Waals surface area contributed by atoms with E-state index < -0.39 is 0 Å². The molecule has 102 valence electrons. The van der Waals surface area contributed by atoms with E-state index in [0.717, 1.165) is 29.8 Å². The summed E-state index contributed by atoms with van der Waals surface area (Å²) in [5.74, 6) is 2.63. The molecule has 0 amide bonds. The number of hydrogen-bond acceptors (Lipinski definition) is 3. The minimum absolute atomic E-state index is 0.698. The van der Waals surface area contributed by atoms with E-state index >= 15 is 0 Å². The second-order valence-electron chi connectivity index (χ2n) is 5.35. The van der Waals surface area contributed by atoms with Crippen molar-refractivity contribution in [3.05, 3.63) is 23.9 Å². The molecule has 0 saturated carbocycles. The van der Waals surface area contributed by atoms with Crippen LogP contribution in [0.5, 0.6) is 0 Å². The zero-order valence-corrected chi connectivity index (χ0v) is 12.9. The van der Waals surface area contributed by atoms with Gasteiger partial charge in [-0.15, -0.1) is 11.8 Å². The van der Waals surface area contributed by atoms with Crippen LogP contribution < -0.4 is 5.32 Å². The van der Waals surface area contributed by atoms with E-state index in [-0.39, 0.29) is 0 Å². The first-order valence-corrected chi connectivity index (χ1v) is 7.88. The highest BCUT2D eigenvalue weighted by atomic mass is 32.2. The summed E-state index contributed by atoms with van der Waals surface area (Å²) < 4.78 is 0. The van der Waals surface area contributed by atoms with Crippen molar-refractivity contribution in [2.24, 2.45) is 11.8 Å². The van der Waals surface area contributed by atoms with Gasteiger partial charge >= 0.3 is 0 Å². The highest BCUT2D eigenvalue weighted by molar-refractivity contribution is 7.99. The Hall–Kier alpha value is -0.540. The predicted octanol–water partition coefficient (Wildman–Crippen LogP) is 3.97. The molecule has 3 heteroatoms. The van der Waals surface area contributed by atoms with Gasteiger partial charge in [0.25, 0.3) is 0 Å². The van der Waals surface area contributed by atoms with Crippen LogP contribution in [0.15, 0.2) is 23.4 Å². The second kappa shape index (κ2) is 8.54. The Morgan fingerprint density at radius 3 is 2.61 bits per heavy atom. The molecule has 0 aliphatic heterocycles. The Morgan fingerprint density at radius 1 is 1.28 bits per heavy atom. The van der Waals surface area contributed by atoms with Gasteiger partial charge in [0.15, 0.2) is 0 Å². The molecule has 1 atom stereocenters. The van der Waals surface area contributed by atoms with Crippen molar-refractivity contribution >= 4 is 11.8 Å². The lowest BCUT2D eigenvalue weighted by Gasteiger charge is -2.09. The standard InChI is InChI=1S/C15H26N2S/c1-5-13(4)11-18-15-7-6-14(10-17-15)9-16-8-12(2)3/h6-7,10,12-13,16H,5,8-9,11H2,1-4H3. The molecule has 1 rings (SSSR count).